The van der Waals surface area contributed by atoms with Gasteiger partial charge in [0.2, 0.25) is 5.91 Å². The van der Waals surface area contributed by atoms with Gasteiger partial charge in [0.05, 0.1) is 19.1 Å². The van der Waals surface area contributed by atoms with Gasteiger partial charge in [-0.05, 0) is 64.7 Å². The summed E-state index contributed by atoms with van der Waals surface area (Å²) in [6.07, 6.45) is 0.960. The lowest BCUT2D eigenvalue weighted by Gasteiger charge is -2.42. The van der Waals surface area contributed by atoms with Gasteiger partial charge in [0.1, 0.15) is 5.00 Å². The Morgan fingerprint density at radius 2 is 1.90 bits per heavy atom. The molecule has 5 nitrogen and oxygen atoms in total. The predicted octanol–water partition coefficient (Wildman–Crippen LogP) is 4.49. The molecule has 29 heavy (non-hydrogen) atoms. The number of rotatable bonds is 4. The highest BCUT2D eigenvalue weighted by Crippen LogP contribution is 2.45. The molecular formula is C23H30N2O3S. The molecule has 0 saturated heterocycles. The average Bonchev–Trinajstić information content (AvgIpc) is 2.93. The molecular weight excluding hydrogens is 384 g/mol. The summed E-state index contributed by atoms with van der Waals surface area (Å²) in [5, 5.41) is 7.20. The number of anilines is 1. The lowest BCUT2D eigenvalue weighted by molar-refractivity contribution is -0.115. The second kappa shape index (κ2) is 7.58. The topological polar surface area (TPSA) is 67.4 Å². The van der Waals surface area contributed by atoms with E-state index in [-0.39, 0.29) is 23.4 Å². The Hall–Kier alpha value is -2.18. The van der Waals surface area contributed by atoms with E-state index in [9.17, 15) is 9.59 Å². The van der Waals surface area contributed by atoms with Gasteiger partial charge in [0, 0.05) is 16.0 Å². The Kier molecular flexibility index (Phi) is 5.62. The summed E-state index contributed by atoms with van der Waals surface area (Å²) in [6, 6.07) is 6.07. The van der Waals surface area contributed by atoms with E-state index in [1.165, 1.54) is 24.0 Å². The highest BCUT2D eigenvalue weighted by Gasteiger charge is 2.42. The smallest absolute Gasteiger partial charge is 0.341 e. The lowest BCUT2D eigenvalue weighted by atomic mass is 9.81. The second-order valence-electron chi connectivity index (χ2n) is 9.07. The molecule has 0 bridgehead atoms. The average molecular weight is 415 g/mol. The van der Waals surface area contributed by atoms with E-state index < -0.39 is 5.97 Å². The molecule has 1 amide bonds. The maximum absolute atomic E-state index is 12.8. The van der Waals surface area contributed by atoms with Crippen molar-refractivity contribution in [1.29, 1.82) is 0 Å². The number of nitrogens with one attached hydrogen (secondary N) is 2. The fraction of sp³-hybridized carbons (Fsp3) is 0.478. The number of aryl methyl sites for hydroxylation is 2. The first kappa shape index (κ1) is 21.5. The van der Waals surface area contributed by atoms with E-state index in [0.717, 1.165) is 21.6 Å². The maximum Gasteiger partial charge on any atom is 0.341 e. The Balaban J connectivity index is 1.96. The largest absolute Gasteiger partial charge is 0.465 e. The maximum atomic E-state index is 12.8. The number of hydrogen-bond donors (Lipinski definition) is 2. The molecule has 0 radical (unpaired) electrons. The minimum Gasteiger partial charge on any atom is -0.465 e. The molecule has 1 aliphatic rings. The molecule has 2 N–H and O–H groups in total. The fourth-order valence-corrected chi connectivity index (χ4v) is 5.60. The molecule has 0 saturated carbocycles. The van der Waals surface area contributed by atoms with Crippen molar-refractivity contribution >= 4 is 28.2 Å². The summed E-state index contributed by atoms with van der Waals surface area (Å²) in [6.45, 7) is 12.5. The molecule has 1 aromatic carbocycles. The van der Waals surface area contributed by atoms with Gasteiger partial charge in [0.15, 0.2) is 0 Å². The predicted molar refractivity (Wildman–Crippen MR) is 118 cm³/mol. The van der Waals surface area contributed by atoms with Gasteiger partial charge >= 0.3 is 5.97 Å². The number of thiophene rings is 1. The van der Waals surface area contributed by atoms with Crippen LogP contribution in [0, 0.1) is 13.8 Å². The van der Waals surface area contributed by atoms with Crippen LogP contribution in [-0.4, -0.2) is 24.5 Å². The standard InChI is InChI=1S/C23H30N2O3S/c1-13-8-9-15(14(2)10-13)11-17(26)24-20-18(21(27)28-7)16-12-22(3,4)25-23(5,6)19(16)29-20/h8-10,25H,11-12H2,1-7H3,(H,24,26). The number of carbonyl (C=O) groups excluding carboxylic acids is 2. The molecule has 0 atom stereocenters. The molecule has 0 unspecified atom stereocenters. The second-order valence-corrected chi connectivity index (χ2v) is 10.1. The van der Waals surface area contributed by atoms with Crippen LogP contribution in [0.5, 0.6) is 0 Å². The van der Waals surface area contributed by atoms with Gasteiger partial charge in [-0.15, -0.1) is 11.3 Å². The molecule has 2 aromatic rings. The zero-order chi connectivity index (χ0) is 21.6. The number of amides is 1. The van der Waals surface area contributed by atoms with Crippen LogP contribution in [-0.2, 0) is 27.9 Å². The number of carbonyl (C=O) groups is 2. The SMILES string of the molecule is COC(=O)c1c(NC(=O)Cc2ccc(C)cc2C)sc2c1CC(C)(C)NC2(C)C. The van der Waals surface area contributed by atoms with Crippen molar-refractivity contribution in [2.24, 2.45) is 0 Å². The molecule has 156 valence electrons. The Morgan fingerprint density at radius 1 is 1.21 bits per heavy atom. The quantitative estimate of drug-likeness (QED) is 0.723. The third kappa shape index (κ3) is 4.38. The molecule has 1 aliphatic heterocycles. The first-order valence-electron chi connectivity index (χ1n) is 9.83. The van der Waals surface area contributed by atoms with Crippen LogP contribution >= 0.6 is 11.3 Å². The molecule has 1 aromatic heterocycles. The van der Waals surface area contributed by atoms with Gasteiger partial charge in [0.25, 0.3) is 0 Å². The summed E-state index contributed by atoms with van der Waals surface area (Å²) in [5.74, 6) is -0.538. The fourth-order valence-electron chi connectivity index (χ4n) is 4.32. The van der Waals surface area contributed by atoms with E-state index >= 15 is 0 Å². The molecule has 0 fully saturated rings. The van der Waals surface area contributed by atoms with Gasteiger partial charge in [-0.2, -0.15) is 0 Å². The van der Waals surface area contributed by atoms with Gasteiger partial charge < -0.3 is 15.4 Å². The lowest BCUT2D eigenvalue weighted by Crippen LogP contribution is -2.55. The third-order valence-electron chi connectivity index (χ3n) is 5.34. The van der Waals surface area contributed by atoms with E-state index in [1.807, 2.05) is 26.0 Å². The number of hydrogen-bond acceptors (Lipinski definition) is 5. The minimum atomic E-state index is -0.405. The van der Waals surface area contributed by atoms with E-state index in [2.05, 4.69) is 44.4 Å². The molecule has 3 rings (SSSR count). The van der Waals surface area contributed by atoms with Crippen molar-refractivity contribution in [2.45, 2.75) is 65.5 Å². The van der Waals surface area contributed by atoms with Crippen LogP contribution in [0.15, 0.2) is 18.2 Å². The number of benzene rings is 1. The monoisotopic (exact) mass is 414 g/mol. The first-order chi connectivity index (χ1) is 13.4. The van der Waals surface area contributed by atoms with Gasteiger partial charge in [-0.1, -0.05) is 23.8 Å². The van der Waals surface area contributed by atoms with E-state index in [4.69, 9.17) is 4.74 Å². The Bertz CT molecular complexity index is 973. The zero-order valence-electron chi connectivity index (χ0n) is 18.3. The van der Waals surface area contributed by atoms with Crippen LogP contribution in [0.25, 0.3) is 0 Å². The van der Waals surface area contributed by atoms with Crippen molar-refractivity contribution in [2.75, 3.05) is 12.4 Å². The molecule has 2 heterocycles. The normalized spacial score (nSPS) is 16.8. The van der Waals surface area contributed by atoms with E-state index in [1.54, 1.807) is 0 Å². The summed E-state index contributed by atoms with van der Waals surface area (Å²) in [7, 11) is 1.38. The van der Waals surface area contributed by atoms with Crippen molar-refractivity contribution in [3.63, 3.8) is 0 Å². The number of fused-ring (bicyclic) bond motifs is 1. The molecule has 0 spiro atoms. The van der Waals surface area contributed by atoms with Crippen molar-refractivity contribution < 1.29 is 14.3 Å². The van der Waals surface area contributed by atoms with Crippen LogP contribution < -0.4 is 10.6 Å². The zero-order valence-corrected chi connectivity index (χ0v) is 19.1. The number of ether oxygens (including phenoxy) is 1. The molecule has 6 heteroatoms. The highest BCUT2D eigenvalue weighted by molar-refractivity contribution is 7.17. The number of methoxy groups -OCH3 is 1. The minimum absolute atomic E-state index is 0.134. The summed E-state index contributed by atoms with van der Waals surface area (Å²) in [5.41, 5.74) is 4.23. The van der Waals surface area contributed by atoms with Crippen LogP contribution in [0.1, 0.15) is 65.2 Å². The Labute approximate surface area is 176 Å². The van der Waals surface area contributed by atoms with Crippen molar-refractivity contribution in [1.82, 2.24) is 5.32 Å². The summed E-state index contributed by atoms with van der Waals surface area (Å²) >= 11 is 1.46. The number of esters is 1. The first-order valence-corrected chi connectivity index (χ1v) is 10.6. The Morgan fingerprint density at radius 3 is 2.52 bits per heavy atom. The third-order valence-corrected chi connectivity index (χ3v) is 6.81. The van der Waals surface area contributed by atoms with Crippen molar-refractivity contribution in [3.8, 4) is 0 Å². The van der Waals surface area contributed by atoms with Crippen molar-refractivity contribution in [3.05, 3.63) is 50.9 Å². The van der Waals surface area contributed by atoms with Crippen LogP contribution in [0.4, 0.5) is 5.00 Å². The van der Waals surface area contributed by atoms with Gasteiger partial charge in [-0.25, -0.2) is 4.79 Å². The molecule has 0 aliphatic carbocycles. The summed E-state index contributed by atoms with van der Waals surface area (Å²) < 4.78 is 5.07. The summed E-state index contributed by atoms with van der Waals surface area (Å²) in [4.78, 5) is 26.5. The van der Waals surface area contributed by atoms with Crippen LogP contribution in [0.3, 0.4) is 0 Å². The van der Waals surface area contributed by atoms with Gasteiger partial charge in [-0.3, -0.25) is 4.79 Å². The van der Waals surface area contributed by atoms with Crippen LogP contribution in [0.2, 0.25) is 0 Å². The highest BCUT2D eigenvalue weighted by atomic mass is 32.1. The van der Waals surface area contributed by atoms with E-state index in [0.29, 0.717) is 17.0 Å².